The van der Waals surface area contributed by atoms with Crippen molar-refractivity contribution < 1.29 is 18.0 Å². The third kappa shape index (κ3) is 4.60. The Bertz CT molecular complexity index is 1150. The predicted octanol–water partition coefficient (Wildman–Crippen LogP) is 3.24. The summed E-state index contributed by atoms with van der Waals surface area (Å²) in [7, 11) is -3.58. The van der Waals surface area contributed by atoms with E-state index >= 15 is 0 Å². The molecule has 0 aromatic heterocycles. The first-order valence-electron chi connectivity index (χ1n) is 11.6. The molecule has 2 aliphatic heterocycles. The number of hydrogen-bond donors (Lipinski definition) is 0. The van der Waals surface area contributed by atoms with Crippen LogP contribution in [0.3, 0.4) is 0 Å². The molecule has 182 valence electrons. The number of nitrogens with zero attached hydrogens (tertiary/aromatic N) is 4. The molecule has 8 nitrogen and oxygen atoms in total. The second-order valence-electron chi connectivity index (χ2n) is 9.32. The van der Waals surface area contributed by atoms with E-state index < -0.39 is 16.1 Å². The van der Waals surface area contributed by atoms with E-state index in [-0.39, 0.29) is 23.5 Å². The Balaban J connectivity index is 1.39. The van der Waals surface area contributed by atoms with Gasteiger partial charge in [-0.05, 0) is 49.6 Å². The highest BCUT2D eigenvalue weighted by Crippen LogP contribution is 2.27. The number of benzene rings is 2. The molecule has 0 N–H and O–H groups in total. The van der Waals surface area contributed by atoms with Crippen molar-refractivity contribution in [1.82, 2.24) is 14.1 Å². The van der Waals surface area contributed by atoms with Crippen LogP contribution in [0.2, 0.25) is 0 Å². The van der Waals surface area contributed by atoms with Crippen LogP contribution in [0, 0.1) is 6.92 Å². The lowest BCUT2D eigenvalue weighted by atomic mass is 10.0. The third-order valence-corrected chi connectivity index (χ3v) is 8.53. The van der Waals surface area contributed by atoms with Crippen LogP contribution in [0.25, 0.3) is 0 Å². The molecule has 2 aliphatic rings. The van der Waals surface area contributed by atoms with E-state index in [1.54, 1.807) is 19.1 Å². The molecule has 0 saturated carbocycles. The predicted molar refractivity (Wildman–Crippen MR) is 131 cm³/mol. The fourth-order valence-electron chi connectivity index (χ4n) is 4.38. The highest BCUT2D eigenvalue weighted by atomic mass is 32.2. The van der Waals surface area contributed by atoms with E-state index in [1.807, 2.05) is 48.2 Å². The Labute approximate surface area is 201 Å². The van der Waals surface area contributed by atoms with Crippen LogP contribution in [-0.2, 0) is 14.8 Å². The molecule has 2 aromatic rings. The smallest absolute Gasteiger partial charge is 0.283 e. The van der Waals surface area contributed by atoms with Crippen LogP contribution < -0.4 is 4.90 Å². The van der Waals surface area contributed by atoms with Crippen molar-refractivity contribution >= 4 is 27.6 Å². The maximum absolute atomic E-state index is 13.1. The number of sulfonamides is 1. The number of hydrogen-bond acceptors (Lipinski definition) is 5. The zero-order valence-electron chi connectivity index (χ0n) is 20.1. The number of carbonyl (C=O) groups excluding carboxylic acids is 2. The SMILES string of the molecule is Cc1ccc(N2C(=O)N(CN3CCN(S(=O)(=O)c4ccc(C(C)C)cc4)CC3)C(=O)C2C)cc1. The minimum Gasteiger partial charge on any atom is -0.283 e. The van der Waals surface area contributed by atoms with Gasteiger partial charge in [-0.15, -0.1) is 0 Å². The third-order valence-electron chi connectivity index (χ3n) is 6.62. The summed E-state index contributed by atoms with van der Waals surface area (Å²) in [5.74, 6) is 0.0897. The minimum atomic E-state index is -3.58. The van der Waals surface area contributed by atoms with Gasteiger partial charge in [0.05, 0.1) is 11.6 Å². The first-order chi connectivity index (χ1) is 16.1. The first kappa shape index (κ1) is 24.4. The minimum absolute atomic E-state index is 0.154. The van der Waals surface area contributed by atoms with Gasteiger partial charge in [0.1, 0.15) is 6.04 Å². The van der Waals surface area contributed by atoms with Gasteiger partial charge >= 0.3 is 6.03 Å². The van der Waals surface area contributed by atoms with Crippen molar-refractivity contribution in [2.24, 2.45) is 0 Å². The molecular formula is C25H32N4O4S. The Morgan fingerprint density at radius 1 is 0.912 bits per heavy atom. The van der Waals surface area contributed by atoms with Gasteiger partial charge < -0.3 is 0 Å². The van der Waals surface area contributed by atoms with Crippen LogP contribution in [-0.4, -0.2) is 73.4 Å². The van der Waals surface area contributed by atoms with Gasteiger partial charge in [-0.25, -0.2) is 18.1 Å². The molecule has 1 unspecified atom stereocenters. The van der Waals surface area contributed by atoms with Crippen molar-refractivity contribution in [3.05, 3.63) is 59.7 Å². The number of aryl methyl sites for hydroxylation is 1. The quantitative estimate of drug-likeness (QED) is 0.588. The highest BCUT2D eigenvalue weighted by molar-refractivity contribution is 7.89. The average molecular weight is 485 g/mol. The van der Waals surface area contributed by atoms with E-state index in [1.165, 1.54) is 14.1 Å². The standard InChI is InChI=1S/C25H32N4O4S/c1-18(2)21-7-11-23(12-8-21)34(32,33)27-15-13-26(14-16-27)17-28-24(30)20(4)29(25(28)31)22-9-5-19(3)6-10-22/h5-12,18,20H,13-17H2,1-4H3. The molecule has 9 heteroatoms. The highest BCUT2D eigenvalue weighted by Gasteiger charge is 2.44. The van der Waals surface area contributed by atoms with Crippen LogP contribution in [0.5, 0.6) is 0 Å². The number of piperazine rings is 1. The molecule has 4 rings (SSSR count). The number of anilines is 1. The fourth-order valence-corrected chi connectivity index (χ4v) is 5.80. The van der Waals surface area contributed by atoms with Crippen LogP contribution in [0.15, 0.2) is 53.4 Å². The van der Waals surface area contributed by atoms with Gasteiger partial charge in [0.15, 0.2) is 0 Å². The Morgan fingerprint density at radius 3 is 2.06 bits per heavy atom. The zero-order chi connectivity index (χ0) is 24.6. The van der Waals surface area contributed by atoms with E-state index in [9.17, 15) is 18.0 Å². The molecule has 2 aromatic carbocycles. The largest absolute Gasteiger partial charge is 0.333 e. The molecule has 0 aliphatic carbocycles. The van der Waals surface area contributed by atoms with Gasteiger partial charge in [-0.3, -0.25) is 14.6 Å². The van der Waals surface area contributed by atoms with Crippen LogP contribution in [0.4, 0.5) is 10.5 Å². The van der Waals surface area contributed by atoms with E-state index in [4.69, 9.17) is 0 Å². The van der Waals surface area contributed by atoms with Crippen molar-refractivity contribution in [2.75, 3.05) is 37.7 Å². The summed E-state index contributed by atoms with van der Waals surface area (Å²) in [6, 6.07) is 13.7. The normalized spacial score (nSPS) is 20.6. The molecule has 2 heterocycles. The van der Waals surface area contributed by atoms with Gasteiger partial charge in [-0.2, -0.15) is 4.31 Å². The summed E-state index contributed by atoms with van der Waals surface area (Å²) in [4.78, 5) is 30.9. The molecular weight excluding hydrogens is 452 g/mol. The molecule has 2 fully saturated rings. The van der Waals surface area contributed by atoms with Crippen molar-refractivity contribution in [3.8, 4) is 0 Å². The molecule has 0 spiro atoms. The summed E-state index contributed by atoms with van der Waals surface area (Å²) in [5.41, 5.74) is 2.87. The van der Waals surface area contributed by atoms with Gasteiger partial charge in [0.2, 0.25) is 10.0 Å². The second kappa shape index (κ2) is 9.48. The summed E-state index contributed by atoms with van der Waals surface area (Å²) in [6.07, 6.45) is 0. The number of imide groups is 1. The molecule has 2 saturated heterocycles. The number of amides is 3. The lowest BCUT2D eigenvalue weighted by Gasteiger charge is -2.35. The number of carbonyl (C=O) groups is 2. The Morgan fingerprint density at radius 2 is 1.50 bits per heavy atom. The maximum Gasteiger partial charge on any atom is 0.333 e. The molecule has 34 heavy (non-hydrogen) atoms. The van der Waals surface area contributed by atoms with Crippen molar-refractivity contribution in [1.29, 1.82) is 0 Å². The van der Waals surface area contributed by atoms with Crippen molar-refractivity contribution in [2.45, 2.75) is 44.6 Å². The molecule has 0 bridgehead atoms. The molecule has 1 atom stereocenters. The maximum atomic E-state index is 13.1. The fraction of sp³-hybridized carbons (Fsp3) is 0.440. The Kier molecular flexibility index (Phi) is 6.80. The van der Waals surface area contributed by atoms with Crippen LogP contribution >= 0.6 is 0 Å². The summed E-state index contributed by atoms with van der Waals surface area (Å²) in [5, 5.41) is 0. The van der Waals surface area contributed by atoms with Crippen molar-refractivity contribution in [3.63, 3.8) is 0 Å². The molecule has 3 amide bonds. The first-order valence-corrected chi connectivity index (χ1v) is 13.1. The lowest BCUT2D eigenvalue weighted by Crippen LogP contribution is -2.52. The van der Waals surface area contributed by atoms with Crippen LogP contribution in [0.1, 0.15) is 37.8 Å². The Hall–Kier alpha value is -2.75. The monoisotopic (exact) mass is 484 g/mol. The summed E-state index contributed by atoms with van der Waals surface area (Å²) < 4.78 is 27.6. The van der Waals surface area contributed by atoms with Gasteiger partial charge in [0.25, 0.3) is 5.91 Å². The lowest BCUT2D eigenvalue weighted by molar-refractivity contribution is -0.128. The average Bonchev–Trinajstić information content (AvgIpc) is 3.03. The van der Waals surface area contributed by atoms with E-state index in [2.05, 4.69) is 13.8 Å². The number of rotatable bonds is 6. The topological polar surface area (TPSA) is 81.2 Å². The number of urea groups is 1. The molecule has 0 radical (unpaired) electrons. The van der Waals surface area contributed by atoms with E-state index in [0.29, 0.717) is 37.8 Å². The van der Waals surface area contributed by atoms with Gasteiger partial charge in [0, 0.05) is 31.9 Å². The zero-order valence-corrected chi connectivity index (χ0v) is 21.0. The second-order valence-corrected chi connectivity index (χ2v) is 11.3. The summed E-state index contributed by atoms with van der Waals surface area (Å²) in [6.45, 7) is 9.49. The van der Waals surface area contributed by atoms with Gasteiger partial charge in [-0.1, -0.05) is 43.7 Å². The van der Waals surface area contributed by atoms with E-state index in [0.717, 1.165) is 11.1 Å². The summed E-state index contributed by atoms with van der Waals surface area (Å²) >= 11 is 0.